The largest absolute Gasteiger partial charge is 0.315 e. The number of halogens is 2. The van der Waals surface area contributed by atoms with Gasteiger partial charge < -0.3 is 15.5 Å². The smallest absolute Gasteiger partial charge is 0.0209 e. The number of piperazine rings is 1. The predicted octanol–water partition coefficient (Wildman–Crippen LogP) is 2.12. The first kappa shape index (κ1) is 20.6. The summed E-state index contributed by atoms with van der Waals surface area (Å²) in [5, 5.41) is 7.27. The van der Waals surface area contributed by atoms with E-state index in [1.54, 1.807) is 0 Å². The molecule has 0 bridgehead atoms. The lowest BCUT2D eigenvalue weighted by molar-refractivity contribution is 0.202. The van der Waals surface area contributed by atoms with E-state index in [-0.39, 0.29) is 0 Å². The van der Waals surface area contributed by atoms with E-state index in [1.165, 1.54) is 84.5 Å². The zero-order valence-electron chi connectivity index (χ0n) is 14.3. The van der Waals surface area contributed by atoms with E-state index in [0.29, 0.717) is 0 Å². The molecule has 2 rings (SSSR count). The highest BCUT2D eigenvalue weighted by atomic mass is 127. The molecule has 0 aromatic heterocycles. The van der Waals surface area contributed by atoms with Gasteiger partial charge in [-0.15, -0.1) is 0 Å². The minimum Gasteiger partial charge on any atom is -0.315 e. The minimum absolute atomic E-state index is 0.742. The molecular formula is C16H33I2N5. The van der Waals surface area contributed by atoms with Crippen LogP contribution in [0.25, 0.3) is 0 Å². The van der Waals surface area contributed by atoms with Crippen molar-refractivity contribution in [2.45, 2.75) is 38.1 Å². The van der Waals surface area contributed by atoms with Gasteiger partial charge in [-0.1, -0.05) is 6.42 Å². The second kappa shape index (κ2) is 12.6. The summed E-state index contributed by atoms with van der Waals surface area (Å²) < 4.78 is 4.80. The summed E-state index contributed by atoms with van der Waals surface area (Å²) in [7, 11) is 0. The molecule has 7 heteroatoms. The van der Waals surface area contributed by atoms with Crippen LogP contribution in [-0.4, -0.2) is 82.6 Å². The van der Waals surface area contributed by atoms with Crippen molar-refractivity contribution < 1.29 is 0 Å². The molecule has 0 atom stereocenters. The van der Waals surface area contributed by atoms with Crippen molar-refractivity contribution in [3.63, 3.8) is 0 Å². The number of nitrogens with one attached hydrogen (secondary N) is 2. The van der Waals surface area contributed by atoms with Crippen molar-refractivity contribution in [2.24, 2.45) is 0 Å². The quantitative estimate of drug-likeness (QED) is 0.248. The fourth-order valence-corrected chi connectivity index (χ4v) is 4.24. The van der Waals surface area contributed by atoms with Gasteiger partial charge in [-0.3, -0.25) is 0 Å². The van der Waals surface area contributed by atoms with E-state index in [1.807, 2.05) is 0 Å². The lowest BCUT2D eigenvalue weighted by Crippen LogP contribution is -2.42. The summed E-state index contributed by atoms with van der Waals surface area (Å²) >= 11 is 4.88. The third-order valence-corrected chi connectivity index (χ3v) is 6.75. The van der Waals surface area contributed by atoms with Gasteiger partial charge in [0.05, 0.1) is 0 Å². The second-order valence-corrected chi connectivity index (χ2v) is 9.43. The van der Waals surface area contributed by atoms with Crippen LogP contribution in [0.4, 0.5) is 0 Å². The van der Waals surface area contributed by atoms with Crippen LogP contribution in [0.2, 0.25) is 0 Å². The van der Waals surface area contributed by atoms with Crippen LogP contribution in [0, 0.1) is 0 Å². The Labute approximate surface area is 170 Å². The SMILES string of the molecule is IN1CCC(NCCNCCCCCN2CCN(I)CC2)CC1. The maximum atomic E-state index is 3.69. The maximum absolute atomic E-state index is 3.69. The molecule has 0 aromatic carbocycles. The van der Waals surface area contributed by atoms with E-state index < -0.39 is 0 Å². The van der Waals surface area contributed by atoms with Crippen LogP contribution in [0.15, 0.2) is 0 Å². The van der Waals surface area contributed by atoms with Gasteiger partial charge in [0.1, 0.15) is 0 Å². The van der Waals surface area contributed by atoms with Gasteiger partial charge in [-0.25, -0.2) is 6.23 Å². The Hall–Kier alpha value is 1.26. The van der Waals surface area contributed by atoms with E-state index in [4.69, 9.17) is 0 Å². The Morgan fingerprint density at radius 2 is 1.43 bits per heavy atom. The lowest BCUT2D eigenvalue weighted by Gasteiger charge is -2.31. The van der Waals surface area contributed by atoms with Crippen LogP contribution in [0.3, 0.4) is 0 Å². The molecule has 136 valence electrons. The maximum Gasteiger partial charge on any atom is 0.0209 e. The van der Waals surface area contributed by atoms with Crippen molar-refractivity contribution in [3.8, 4) is 0 Å². The molecule has 23 heavy (non-hydrogen) atoms. The van der Waals surface area contributed by atoms with Gasteiger partial charge in [0, 0.05) is 104 Å². The van der Waals surface area contributed by atoms with Gasteiger partial charge >= 0.3 is 0 Å². The standard InChI is InChI=1S/C16H33I2N5/c17-22-10-4-16(5-11-22)20-8-7-19-6-2-1-3-9-21-12-14-23(18)15-13-21/h16,19-20H,1-15H2. The molecule has 0 aliphatic carbocycles. The average molecular weight is 549 g/mol. The number of rotatable bonds is 10. The number of unbranched alkanes of at least 4 members (excludes halogenated alkanes) is 2. The summed E-state index contributed by atoms with van der Waals surface area (Å²) in [6.45, 7) is 12.1. The van der Waals surface area contributed by atoms with Crippen molar-refractivity contribution in [2.75, 3.05) is 65.4 Å². The molecule has 0 radical (unpaired) electrons. The lowest BCUT2D eigenvalue weighted by atomic mass is 10.1. The first-order valence-electron chi connectivity index (χ1n) is 9.22. The highest BCUT2D eigenvalue weighted by Gasteiger charge is 2.16. The third kappa shape index (κ3) is 9.50. The highest BCUT2D eigenvalue weighted by Crippen LogP contribution is 2.13. The molecule has 0 aromatic rings. The Morgan fingerprint density at radius 1 is 0.739 bits per heavy atom. The fourth-order valence-electron chi connectivity index (χ4n) is 3.25. The van der Waals surface area contributed by atoms with Gasteiger partial charge in [-0.2, -0.15) is 0 Å². The zero-order chi connectivity index (χ0) is 16.3. The summed E-state index contributed by atoms with van der Waals surface area (Å²) in [6, 6.07) is 0.742. The van der Waals surface area contributed by atoms with Crippen LogP contribution >= 0.6 is 45.7 Å². The molecule has 2 aliphatic heterocycles. The molecule has 0 unspecified atom stereocenters. The summed E-state index contributed by atoms with van der Waals surface area (Å²) in [4.78, 5) is 2.62. The summed E-state index contributed by atoms with van der Waals surface area (Å²) in [5.41, 5.74) is 0. The van der Waals surface area contributed by atoms with Crippen LogP contribution in [-0.2, 0) is 0 Å². The molecule has 2 aliphatic rings. The third-order valence-electron chi connectivity index (χ3n) is 4.82. The highest BCUT2D eigenvalue weighted by molar-refractivity contribution is 14.1. The second-order valence-electron chi connectivity index (χ2n) is 6.70. The first-order valence-corrected chi connectivity index (χ1v) is 11.1. The molecule has 2 fully saturated rings. The molecule has 2 saturated heterocycles. The molecular weight excluding hydrogens is 516 g/mol. The fraction of sp³-hybridized carbons (Fsp3) is 1.00. The van der Waals surface area contributed by atoms with Crippen molar-refractivity contribution in [1.29, 1.82) is 0 Å². The Morgan fingerprint density at radius 3 is 2.17 bits per heavy atom. The van der Waals surface area contributed by atoms with Crippen molar-refractivity contribution in [3.05, 3.63) is 0 Å². The predicted molar refractivity (Wildman–Crippen MR) is 115 cm³/mol. The minimum atomic E-state index is 0.742. The molecule has 0 spiro atoms. The zero-order valence-corrected chi connectivity index (χ0v) is 18.6. The molecule has 0 saturated carbocycles. The summed E-state index contributed by atoms with van der Waals surface area (Å²) in [6.07, 6.45) is 6.64. The summed E-state index contributed by atoms with van der Waals surface area (Å²) in [5.74, 6) is 0. The Balaban J connectivity index is 1.32. The van der Waals surface area contributed by atoms with Gasteiger partial charge in [0.15, 0.2) is 0 Å². The topological polar surface area (TPSA) is 33.8 Å². The van der Waals surface area contributed by atoms with Gasteiger partial charge in [0.2, 0.25) is 0 Å². The normalized spacial score (nSPS) is 22.7. The Bertz CT molecular complexity index is 264. The number of nitrogens with zero attached hydrogens (tertiary/aromatic N) is 3. The van der Waals surface area contributed by atoms with Crippen molar-refractivity contribution >= 4 is 45.7 Å². The molecule has 2 heterocycles. The van der Waals surface area contributed by atoms with E-state index >= 15 is 0 Å². The van der Waals surface area contributed by atoms with Crippen LogP contribution in [0.5, 0.6) is 0 Å². The molecule has 0 amide bonds. The van der Waals surface area contributed by atoms with Gasteiger partial charge in [-0.05, 0) is 38.8 Å². The Kier molecular flexibility index (Phi) is 11.3. The first-order chi connectivity index (χ1) is 11.2. The van der Waals surface area contributed by atoms with E-state index in [9.17, 15) is 0 Å². The van der Waals surface area contributed by atoms with Crippen LogP contribution < -0.4 is 10.6 Å². The molecule has 5 nitrogen and oxygen atoms in total. The number of piperidine rings is 1. The van der Waals surface area contributed by atoms with Crippen LogP contribution in [0.1, 0.15) is 32.1 Å². The monoisotopic (exact) mass is 549 g/mol. The number of hydrogen-bond acceptors (Lipinski definition) is 5. The van der Waals surface area contributed by atoms with Gasteiger partial charge in [0.25, 0.3) is 0 Å². The number of hydrogen-bond donors (Lipinski definition) is 2. The van der Waals surface area contributed by atoms with Crippen molar-refractivity contribution in [1.82, 2.24) is 21.8 Å². The van der Waals surface area contributed by atoms with E-state index in [2.05, 4.69) is 67.5 Å². The molecule has 2 N–H and O–H groups in total. The average Bonchev–Trinajstić information content (AvgIpc) is 2.56. The van der Waals surface area contributed by atoms with E-state index in [0.717, 1.165) is 19.1 Å².